The molecule has 0 aliphatic carbocycles. The topological polar surface area (TPSA) is 114 Å². The van der Waals surface area contributed by atoms with Gasteiger partial charge >= 0.3 is 0 Å². The van der Waals surface area contributed by atoms with Crippen LogP contribution in [0.1, 0.15) is 24.5 Å². The summed E-state index contributed by atoms with van der Waals surface area (Å²) in [6.07, 6.45) is 3.73. The number of nitrogens with zero attached hydrogens (tertiary/aromatic N) is 4. The second kappa shape index (κ2) is 12.1. The number of aromatic nitrogens is 4. The average Bonchev–Trinajstić information content (AvgIpc) is 3.28. The largest absolute Gasteiger partial charge is 0.441 e. The Bertz CT molecular complexity index is 1300. The van der Waals surface area contributed by atoms with Crippen LogP contribution in [-0.4, -0.2) is 44.7 Å². The van der Waals surface area contributed by atoms with Crippen LogP contribution in [-0.2, 0) is 27.2 Å². The summed E-state index contributed by atoms with van der Waals surface area (Å²) in [6.45, 7) is 5.43. The first-order valence-corrected chi connectivity index (χ1v) is 13.9. The van der Waals surface area contributed by atoms with Crippen LogP contribution >= 0.6 is 7.37 Å². The summed E-state index contributed by atoms with van der Waals surface area (Å²) in [5.41, 5.74) is 9.38. The molecule has 2 atom stereocenters. The summed E-state index contributed by atoms with van der Waals surface area (Å²) in [7, 11) is -3.13. The van der Waals surface area contributed by atoms with Gasteiger partial charge in [0.1, 0.15) is 23.9 Å². The third-order valence-corrected chi connectivity index (χ3v) is 7.71. The zero-order valence-electron chi connectivity index (χ0n) is 20.6. The van der Waals surface area contributed by atoms with E-state index < -0.39 is 7.37 Å². The number of imidazole rings is 1. The normalized spacial score (nSPS) is 13.9. The third-order valence-electron chi connectivity index (χ3n) is 5.63. The van der Waals surface area contributed by atoms with Crippen LogP contribution < -0.4 is 10.3 Å². The third kappa shape index (κ3) is 7.13. The second-order valence-electron chi connectivity index (χ2n) is 8.77. The summed E-state index contributed by atoms with van der Waals surface area (Å²) in [4.78, 5) is 12.5. The van der Waals surface area contributed by atoms with E-state index in [1.54, 1.807) is 18.5 Å². The highest BCUT2D eigenvalue weighted by Crippen LogP contribution is 2.48. The first-order valence-electron chi connectivity index (χ1n) is 11.9. The molecule has 4 rings (SSSR count). The van der Waals surface area contributed by atoms with E-state index in [1.807, 2.05) is 29.7 Å². The van der Waals surface area contributed by atoms with E-state index in [2.05, 4.69) is 46.1 Å². The summed E-state index contributed by atoms with van der Waals surface area (Å²) < 4.78 is 33.4. The standard InChI is InChI=1S/C26H32N5O4P/c1-20-9-11-22(12-10-20)16-33-13-6-14-36(32,35-23-7-4-3-5-8-23)19-34-21(2)15-31-18-30-24-25(27)28-17-29-26(24)31/h3-5,7-12,17-18,21H,6,13-16,19H2,1-2H3,(H2,27,28,29)/t21-,36?/m1/s1. The van der Waals surface area contributed by atoms with E-state index in [1.165, 1.54) is 11.9 Å². The lowest BCUT2D eigenvalue weighted by atomic mass is 10.2. The fourth-order valence-electron chi connectivity index (χ4n) is 3.69. The van der Waals surface area contributed by atoms with Crippen LogP contribution in [0.25, 0.3) is 11.2 Å². The lowest BCUT2D eigenvalue weighted by molar-refractivity contribution is 0.0825. The number of nitrogen functional groups attached to an aromatic ring is 1. The van der Waals surface area contributed by atoms with E-state index in [0.717, 1.165) is 5.56 Å². The molecule has 2 heterocycles. The lowest BCUT2D eigenvalue weighted by Gasteiger charge is -2.22. The van der Waals surface area contributed by atoms with Gasteiger partial charge < -0.3 is 24.3 Å². The Morgan fingerprint density at radius 2 is 1.83 bits per heavy atom. The van der Waals surface area contributed by atoms with Crippen molar-refractivity contribution in [3.63, 3.8) is 0 Å². The molecule has 0 aliphatic heterocycles. The molecule has 1 unspecified atom stereocenters. The van der Waals surface area contributed by atoms with Gasteiger partial charge in [-0.25, -0.2) is 15.0 Å². The molecule has 2 N–H and O–H groups in total. The highest BCUT2D eigenvalue weighted by Gasteiger charge is 2.26. The summed E-state index contributed by atoms with van der Waals surface area (Å²) in [6, 6.07) is 17.4. The van der Waals surface area contributed by atoms with Crippen LogP contribution in [0.5, 0.6) is 5.75 Å². The molecule has 0 saturated carbocycles. The number of nitrogens with two attached hydrogens (primary N) is 1. The quantitative estimate of drug-likeness (QED) is 0.197. The highest BCUT2D eigenvalue weighted by molar-refractivity contribution is 7.59. The number of hydrogen-bond donors (Lipinski definition) is 1. The molecule has 0 amide bonds. The van der Waals surface area contributed by atoms with Crippen LogP contribution in [0, 0.1) is 6.92 Å². The molecule has 4 aromatic rings. The molecule has 0 fully saturated rings. The fourth-order valence-corrected chi connectivity index (χ4v) is 5.57. The van der Waals surface area contributed by atoms with Gasteiger partial charge in [0.05, 0.1) is 25.6 Å². The van der Waals surface area contributed by atoms with Gasteiger partial charge in [-0.15, -0.1) is 0 Å². The smallest absolute Gasteiger partial charge is 0.272 e. The van der Waals surface area contributed by atoms with Gasteiger partial charge in [0.15, 0.2) is 11.5 Å². The molecule has 36 heavy (non-hydrogen) atoms. The summed E-state index contributed by atoms with van der Waals surface area (Å²) >= 11 is 0. The molecule has 190 valence electrons. The Labute approximate surface area is 211 Å². The van der Waals surface area contributed by atoms with E-state index in [-0.39, 0.29) is 12.5 Å². The number of hydrogen-bond acceptors (Lipinski definition) is 8. The van der Waals surface area contributed by atoms with Crippen molar-refractivity contribution in [2.45, 2.75) is 39.5 Å². The highest BCUT2D eigenvalue weighted by atomic mass is 31.2. The predicted molar refractivity (Wildman–Crippen MR) is 140 cm³/mol. The zero-order chi connectivity index (χ0) is 25.4. The lowest BCUT2D eigenvalue weighted by Crippen LogP contribution is -2.19. The Hall–Kier alpha value is -3.26. The zero-order valence-corrected chi connectivity index (χ0v) is 21.5. The molecule has 2 aromatic carbocycles. The first kappa shape index (κ1) is 25.8. The number of fused-ring (bicyclic) bond motifs is 1. The van der Waals surface area contributed by atoms with Crippen molar-refractivity contribution in [1.29, 1.82) is 0 Å². The number of benzene rings is 2. The molecule has 0 bridgehead atoms. The molecule has 0 radical (unpaired) electrons. The minimum atomic E-state index is -3.13. The van der Waals surface area contributed by atoms with E-state index in [9.17, 15) is 4.57 Å². The van der Waals surface area contributed by atoms with Crippen molar-refractivity contribution >= 4 is 24.4 Å². The van der Waals surface area contributed by atoms with Crippen LogP contribution in [0.2, 0.25) is 0 Å². The summed E-state index contributed by atoms with van der Waals surface area (Å²) in [5.74, 6) is 0.892. The predicted octanol–water partition coefficient (Wildman–Crippen LogP) is 5.04. The minimum absolute atomic E-state index is 0.00915. The molecule has 2 aromatic heterocycles. The second-order valence-corrected chi connectivity index (χ2v) is 11.3. The first-order chi connectivity index (χ1) is 17.4. The maximum Gasteiger partial charge on any atom is 0.272 e. The fraction of sp³-hybridized carbons (Fsp3) is 0.346. The number of anilines is 1. The van der Waals surface area contributed by atoms with Crippen molar-refractivity contribution in [1.82, 2.24) is 19.5 Å². The molecule has 0 spiro atoms. The van der Waals surface area contributed by atoms with E-state index in [4.69, 9.17) is 19.7 Å². The SMILES string of the molecule is Cc1ccc(COCCCP(=O)(CO[C@H](C)Cn2cnc3c(N)ncnc32)Oc2ccccc2)cc1. The molecule has 0 aliphatic rings. The van der Waals surface area contributed by atoms with Gasteiger partial charge in [-0.05, 0) is 38.0 Å². The van der Waals surface area contributed by atoms with Crippen LogP contribution in [0.15, 0.2) is 67.3 Å². The van der Waals surface area contributed by atoms with Gasteiger partial charge in [0.25, 0.3) is 7.37 Å². The van der Waals surface area contributed by atoms with Crippen LogP contribution in [0.4, 0.5) is 5.82 Å². The van der Waals surface area contributed by atoms with Crippen molar-refractivity contribution in [2.75, 3.05) is 24.9 Å². The van der Waals surface area contributed by atoms with E-state index in [0.29, 0.717) is 55.1 Å². The monoisotopic (exact) mass is 509 g/mol. The number of aryl methyl sites for hydroxylation is 1. The maximum absolute atomic E-state index is 13.8. The Morgan fingerprint density at radius 1 is 1.06 bits per heavy atom. The van der Waals surface area contributed by atoms with Gasteiger partial charge in [-0.2, -0.15) is 0 Å². The van der Waals surface area contributed by atoms with E-state index >= 15 is 0 Å². The molecule has 9 nitrogen and oxygen atoms in total. The number of rotatable bonds is 13. The molecule has 0 saturated heterocycles. The van der Waals surface area contributed by atoms with Crippen molar-refractivity contribution < 1.29 is 18.6 Å². The van der Waals surface area contributed by atoms with Gasteiger partial charge in [-0.3, -0.25) is 4.57 Å². The Morgan fingerprint density at radius 3 is 2.61 bits per heavy atom. The van der Waals surface area contributed by atoms with Crippen molar-refractivity contribution in [2.24, 2.45) is 0 Å². The molecular formula is C26H32N5O4P. The Balaban J connectivity index is 1.32. The van der Waals surface area contributed by atoms with Gasteiger partial charge in [0.2, 0.25) is 0 Å². The van der Waals surface area contributed by atoms with Crippen molar-refractivity contribution in [3.05, 3.63) is 78.4 Å². The summed E-state index contributed by atoms with van der Waals surface area (Å²) in [5, 5.41) is 0. The molecular weight excluding hydrogens is 477 g/mol. The van der Waals surface area contributed by atoms with Crippen LogP contribution in [0.3, 0.4) is 0 Å². The molecule has 10 heteroatoms. The minimum Gasteiger partial charge on any atom is -0.441 e. The Kier molecular flexibility index (Phi) is 8.70. The van der Waals surface area contributed by atoms with Gasteiger partial charge in [0, 0.05) is 12.8 Å². The van der Waals surface area contributed by atoms with Crippen molar-refractivity contribution in [3.8, 4) is 5.75 Å². The number of ether oxygens (including phenoxy) is 2. The maximum atomic E-state index is 13.8. The average molecular weight is 510 g/mol. The number of para-hydroxylation sites is 1. The van der Waals surface area contributed by atoms with Gasteiger partial charge in [-0.1, -0.05) is 48.0 Å².